The van der Waals surface area contributed by atoms with Crippen molar-refractivity contribution in [2.75, 3.05) is 12.8 Å². The minimum absolute atomic E-state index is 0.317. The molecule has 1 heterocycles. The predicted octanol–water partition coefficient (Wildman–Crippen LogP) is 1.22. The van der Waals surface area contributed by atoms with E-state index in [1.54, 1.807) is 24.3 Å². The summed E-state index contributed by atoms with van der Waals surface area (Å²) in [6, 6.07) is 8.77. The maximum absolute atomic E-state index is 11.4. The molecule has 2 aromatic rings. The van der Waals surface area contributed by atoms with Gasteiger partial charge in [-0.1, -0.05) is 12.1 Å². The van der Waals surface area contributed by atoms with Crippen molar-refractivity contribution in [2.24, 2.45) is 5.73 Å². The molecule has 0 saturated heterocycles. The van der Waals surface area contributed by atoms with Crippen LogP contribution in [0, 0.1) is 6.92 Å². The maximum Gasteiger partial charge on any atom is 0.175 e. The van der Waals surface area contributed by atoms with Gasteiger partial charge in [0.05, 0.1) is 22.8 Å². The van der Waals surface area contributed by atoms with Crippen molar-refractivity contribution in [2.45, 2.75) is 18.4 Å². The van der Waals surface area contributed by atoms with Gasteiger partial charge in [-0.05, 0) is 30.7 Å². The lowest BCUT2D eigenvalue weighted by molar-refractivity contribution is 0.602. The summed E-state index contributed by atoms with van der Waals surface area (Å²) in [6.07, 6.45) is 1.20. The molecule has 2 N–H and O–H groups in total. The molecular weight excluding hydrogens is 262 g/mol. The van der Waals surface area contributed by atoms with Crippen molar-refractivity contribution in [3.05, 3.63) is 36.0 Å². The van der Waals surface area contributed by atoms with E-state index < -0.39 is 9.84 Å². The van der Waals surface area contributed by atoms with Crippen molar-refractivity contribution in [1.82, 2.24) is 9.78 Å². The second-order valence-corrected chi connectivity index (χ2v) is 6.50. The van der Waals surface area contributed by atoms with E-state index in [0.29, 0.717) is 18.0 Å². The molecule has 0 aliphatic heterocycles. The zero-order chi connectivity index (χ0) is 14.0. The molecule has 2 rings (SSSR count). The summed E-state index contributed by atoms with van der Waals surface area (Å²) >= 11 is 0. The molecule has 0 atom stereocenters. The topological polar surface area (TPSA) is 78.0 Å². The largest absolute Gasteiger partial charge is 0.329 e. The third kappa shape index (κ3) is 3.02. The van der Waals surface area contributed by atoms with Crippen LogP contribution >= 0.6 is 0 Å². The Labute approximate surface area is 113 Å². The molecule has 0 spiro atoms. The van der Waals surface area contributed by atoms with E-state index >= 15 is 0 Å². The summed E-state index contributed by atoms with van der Waals surface area (Å²) in [6.45, 7) is 3.06. The number of hydrogen-bond donors (Lipinski definition) is 1. The Kier molecular flexibility index (Phi) is 3.73. The fourth-order valence-electron chi connectivity index (χ4n) is 1.94. The fraction of sp³-hybridized carbons (Fsp3) is 0.308. The van der Waals surface area contributed by atoms with Gasteiger partial charge in [0, 0.05) is 12.8 Å². The van der Waals surface area contributed by atoms with Crippen molar-refractivity contribution >= 4 is 9.84 Å². The number of hydrogen-bond acceptors (Lipinski definition) is 4. The van der Waals surface area contributed by atoms with E-state index in [1.807, 2.05) is 17.7 Å². The highest BCUT2D eigenvalue weighted by molar-refractivity contribution is 7.90. The lowest BCUT2D eigenvalue weighted by Gasteiger charge is -2.06. The molecule has 1 aromatic carbocycles. The Morgan fingerprint density at radius 1 is 1.26 bits per heavy atom. The SMILES string of the molecule is Cc1cc(-c2ccc(S(C)(=O)=O)cc2)n(CCN)n1. The number of sulfone groups is 1. The number of nitrogens with zero attached hydrogens (tertiary/aromatic N) is 2. The molecule has 102 valence electrons. The Morgan fingerprint density at radius 2 is 1.89 bits per heavy atom. The van der Waals surface area contributed by atoms with E-state index in [4.69, 9.17) is 5.73 Å². The highest BCUT2D eigenvalue weighted by atomic mass is 32.2. The van der Waals surface area contributed by atoms with E-state index in [9.17, 15) is 8.42 Å². The number of aryl methyl sites for hydroxylation is 1. The van der Waals surface area contributed by atoms with Crippen LogP contribution in [-0.2, 0) is 16.4 Å². The Balaban J connectivity index is 2.42. The molecule has 0 bridgehead atoms. The monoisotopic (exact) mass is 279 g/mol. The molecule has 0 fully saturated rings. The first-order valence-corrected chi connectivity index (χ1v) is 7.86. The van der Waals surface area contributed by atoms with Crippen LogP contribution in [0.15, 0.2) is 35.2 Å². The molecule has 0 saturated carbocycles. The van der Waals surface area contributed by atoms with Gasteiger partial charge in [-0.25, -0.2) is 8.42 Å². The number of benzene rings is 1. The van der Waals surface area contributed by atoms with E-state index in [-0.39, 0.29) is 0 Å². The zero-order valence-electron chi connectivity index (χ0n) is 11.0. The first kappa shape index (κ1) is 13.8. The molecule has 1 aromatic heterocycles. The molecular formula is C13H17N3O2S. The first-order chi connectivity index (χ1) is 8.91. The van der Waals surface area contributed by atoms with Crippen LogP contribution in [0.4, 0.5) is 0 Å². The Hall–Kier alpha value is -1.66. The number of rotatable bonds is 4. The van der Waals surface area contributed by atoms with Crippen LogP contribution < -0.4 is 5.73 Å². The van der Waals surface area contributed by atoms with Gasteiger partial charge < -0.3 is 5.73 Å². The van der Waals surface area contributed by atoms with Gasteiger partial charge >= 0.3 is 0 Å². The van der Waals surface area contributed by atoms with E-state index in [1.165, 1.54) is 6.26 Å². The van der Waals surface area contributed by atoms with Gasteiger partial charge in [0.1, 0.15) is 0 Å². The van der Waals surface area contributed by atoms with Gasteiger partial charge in [-0.3, -0.25) is 4.68 Å². The smallest absolute Gasteiger partial charge is 0.175 e. The quantitative estimate of drug-likeness (QED) is 0.912. The van der Waals surface area contributed by atoms with Crippen LogP contribution in [0.2, 0.25) is 0 Å². The van der Waals surface area contributed by atoms with Crippen molar-refractivity contribution < 1.29 is 8.42 Å². The molecule has 19 heavy (non-hydrogen) atoms. The average Bonchev–Trinajstić information content (AvgIpc) is 2.70. The summed E-state index contributed by atoms with van der Waals surface area (Å²) in [7, 11) is -3.16. The Morgan fingerprint density at radius 3 is 2.42 bits per heavy atom. The maximum atomic E-state index is 11.4. The lowest BCUT2D eigenvalue weighted by atomic mass is 10.1. The second-order valence-electron chi connectivity index (χ2n) is 4.48. The van der Waals surface area contributed by atoms with Crippen molar-refractivity contribution in [3.63, 3.8) is 0 Å². The van der Waals surface area contributed by atoms with Gasteiger partial charge in [0.15, 0.2) is 9.84 Å². The third-order valence-corrected chi connectivity index (χ3v) is 3.95. The van der Waals surface area contributed by atoms with Gasteiger partial charge in [-0.2, -0.15) is 5.10 Å². The molecule has 0 aliphatic rings. The fourth-order valence-corrected chi connectivity index (χ4v) is 2.57. The van der Waals surface area contributed by atoms with Gasteiger partial charge in [0.25, 0.3) is 0 Å². The second kappa shape index (κ2) is 5.14. The minimum atomic E-state index is -3.16. The van der Waals surface area contributed by atoms with Crippen molar-refractivity contribution in [3.8, 4) is 11.3 Å². The Bertz CT molecular complexity index is 672. The standard InChI is InChI=1S/C13H17N3O2S/c1-10-9-13(16(15-10)8-7-14)11-3-5-12(6-4-11)19(2,17)18/h3-6,9H,7-8,14H2,1-2H3. The van der Waals surface area contributed by atoms with E-state index in [0.717, 1.165) is 17.0 Å². The van der Waals surface area contributed by atoms with Crippen LogP contribution in [0.25, 0.3) is 11.3 Å². The first-order valence-electron chi connectivity index (χ1n) is 5.97. The third-order valence-electron chi connectivity index (χ3n) is 2.82. The van der Waals surface area contributed by atoms with Crippen LogP contribution in [0.5, 0.6) is 0 Å². The highest BCUT2D eigenvalue weighted by Crippen LogP contribution is 2.22. The van der Waals surface area contributed by atoms with E-state index in [2.05, 4.69) is 5.10 Å². The van der Waals surface area contributed by atoms with Gasteiger partial charge in [0.2, 0.25) is 0 Å². The summed E-state index contributed by atoms with van der Waals surface area (Å²) in [5, 5.41) is 4.37. The van der Waals surface area contributed by atoms with Crippen LogP contribution in [0.3, 0.4) is 0 Å². The predicted molar refractivity (Wildman–Crippen MR) is 74.6 cm³/mol. The van der Waals surface area contributed by atoms with Crippen molar-refractivity contribution in [1.29, 1.82) is 0 Å². The van der Waals surface area contributed by atoms with Gasteiger partial charge in [-0.15, -0.1) is 0 Å². The number of nitrogens with two attached hydrogens (primary N) is 1. The summed E-state index contributed by atoms with van der Waals surface area (Å²) in [5.74, 6) is 0. The summed E-state index contributed by atoms with van der Waals surface area (Å²) in [5.41, 5.74) is 8.35. The molecule has 6 heteroatoms. The molecule has 5 nitrogen and oxygen atoms in total. The summed E-state index contributed by atoms with van der Waals surface area (Å²) < 4.78 is 24.7. The molecule has 0 aliphatic carbocycles. The minimum Gasteiger partial charge on any atom is -0.329 e. The molecule has 0 radical (unpaired) electrons. The van der Waals surface area contributed by atoms with Crippen LogP contribution in [-0.4, -0.2) is 31.0 Å². The average molecular weight is 279 g/mol. The number of aromatic nitrogens is 2. The lowest BCUT2D eigenvalue weighted by Crippen LogP contribution is -2.12. The zero-order valence-corrected chi connectivity index (χ0v) is 11.8. The van der Waals surface area contributed by atoms with Crippen LogP contribution in [0.1, 0.15) is 5.69 Å². The highest BCUT2D eigenvalue weighted by Gasteiger charge is 2.10. The normalized spacial score (nSPS) is 11.7. The summed E-state index contributed by atoms with van der Waals surface area (Å²) in [4.78, 5) is 0.317. The molecule has 0 amide bonds. The molecule has 0 unspecified atom stereocenters.